The maximum absolute atomic E-state index is 13.3. The van der Waals surface area contributed by atoms with E-state index in [0.717, 1.165) is 16.7 Å². The number of aryl methyl sites for hydroxylation is 1. The first kappa shape index (κ1) is 19.5. The Balaban J connectivity index is 1.68. The lowest BCUT2D eigenvalue weighted by Gasteiger charge is -2.14. The van der Waals surface area contributed by atoms with E-state index in [1.165, 1.54) is 12.1 Å². The van der Waals surface area contributed by atoms with Gasteiger partial charge < -0.3 is 5.32 Å². The number of hydrazine groups is 1. The van der Waals surface area contributed by atoms with Crippen LogP contribution in [0.5, 0.6) is 0 Å². The van der Waals surface area contributed by atoms with E-state index >= 15 is 0 Å². The van der Waals surface area contributed by atoms with Crippen LogP contribution in [0.2, 0.25) is 0 Å². The zero-order valence-corrected chi connectivity index (χ0v) is 16.4. The molecule has 1 fully saturated rings. The number of halogens is 1. The molecule has 4 rings (SSSR count). The number of nitrogens with one attached hydrogen (secondary N) is 2. The van der Waals surface area contributed by atoms with Gasteiger partial charge in [0.1, 0.15) is 5.82 Å². The van der Waals surface area contributed by atoms with Gasteiger partial charge in [0.25, 0.3) is 5.91 Å². The summed E-state index contributed by atoms with van der Waals surface area (Å²) < 4.78 is 14.9. The summed E-state index contributed by atoms with van der Waals surface area (Å²) >= 11 is 0. The smallest absolute Gasteiger partial charge is 0.304 e. The summed E-state index contributed by atoms with van der Waals surface area (Å²) in [6.07, 6.45) is 1.73. The van der Waals surface area contributed by atoms with Gasteiger partial charge in [0.05, 0.1) is 0 Å². The molecule has 0 unspecified atom stereocenters. The van der Waals surface area contributed by atoms with Gasteiger partial charge in [-0.2, -0.15) is 0 Å². The van der Waals surface area contributed by atoms with Gasteiger partial charge >= 0.3 is 5.91 Å². The number of carbonyl (C=O) groups is 2. The normalized spacial score (nSPS) is 19.5. The molecule has 0 aromatic heterocycles. The predicted octanol–water partition coefficient (Wildman–Crippen LogP) is 3.15. The zero-order valence-electron chi connectivity index (χ0n) is 16.4. The molecule has 0 aliphatic carbocycles. The predicted molar refractivity (Wildman–Crippen MR) is 112 cm³/mol. The summed E-state index contributed by atoms with van der Waals surface area (Å²) in [6.45, 7) is 1.95. The highest BCUT2D eigenvalue weighted by Crippen LogP contribution is 2.25. The third kappa shape index (κ3) is 4.12. The Hall–Kier alpha value is -3.80. The topological polar surface area (TPSA) is 61.2 Å². The van der Waals surface area contributed by atoms with Crippen LogP contribution in [0.25, 0.3) is 0 Å². The maximum atomic E-state index is 13.3. The molecule has 5 nitrogen and oxygen atoms in total. The summed E-state index contributed by atoms with van der Waals surface area (Å²) in [4.78, 5) is 25.6. The van der Waals surface area contributed by atoms with Crippen LogP contribution < -0.4 is 10.7 Å². The Morgan fingerprint density at radius 1 is 1.00 bits per heavy atom. The summed E-state index contributed by atoms with van der Waals surface area (Å²) in [6, 6.07) is 21.4. The fraction of sp³-hybridized carbons (Fsp3) is 0.125. The second-order valence-electron chi connectivity index (χ2n) is 7.24. The number of hydrogen-bond donors (Lipinski definition) is 2. The average molecular weight is 402 g/mol. The minimum Gasteiger partial charge on any atom is -0.334 e. The van der Waals surface area contributed by atoms with E-state index in [0.29, 0.717) is 5.56 Å². The van der Waals surface area contributed by atoms with Crippen LogP contribution in [-0.2, 0) is 4.79 Å². The monoisotopic (exact) mass is 402 g/mol. The van der Waals surface area contributed by atoms with E-state index in [1.54, 1.807) is 35.2 Å². The van der Waals surface area contributed by atoms with Gasteiger partial charge in [-0.05, 0) is 43.3 Å². The van der Waals surface area contributed by atoms with Gasteiger partial charge in [0, 0.05) is 16.7 Å². The summed E-state index contributed by atoms with van der Waals surface area (Å²) in [5.74, 6) is -0.970. The second kappa shape index (κ2) is 8.29. The fourth-order valence-corrected chi connectivity index (χ4v) is 3.47. The lowest BCUT2D eigenvalue weighted by molar-refractivity contribution is -0.596. The summed E-state index contributed by atoms with van der Waals surface area (Å²) in [5, 5.41) is 2.87. The first-order chi connectivity index (χ1) is 14.5. The number of benzene rings is 3. The number of carbonyl (C=O) groups excluding carboxylic acids is 2. The molecule has 1 aliphatic rings. The zero-order chi connectivity index (χ0) is 21.1. The van der Waals surface area contributed by atoms with Gasteiger partial charge in [0.2, 0.25) is 12.3 Å². The van der Waals surface area contributed by atoms with Crippen molar-refractivity contribution in [1.82, 2.24) is 10.7 Å². The number of nitrogens with zero attached hydrogens (tertiary/aromatic N) is 1. The molecule has 0 saturated carbocycles. The number of hydrazone groups is 1. The van der Waals surface area contributed by atoms with Gasteiger partial charge in [-0.15, -0.1) is 10.1 Å². The van der Waals surface area contributed by atoms with Crippen molar-refractivity contribution in [3.63, 3.8) is 0 Å². The molecule has 30 heavy (non-hydrogen) atoms. The van der Waals surface area contributed by atoms with Crippen LogP contribution in [0.1, 0.15) is 33.1 Å². The van der Waals surface area contributed by atoms with E-state index in [-0.39, 0.29) is 17.6 Å². The quantitative estimate of drug-likeness (QED) is 0.659. The minimum absolute atomic E-state index is 0.317. The number of amides is 2. The third-order valence-corrected chi connectivity index (χ3v) is 5.04. The van der Waals surface area contributed by atoms with E-state index < -0.39 is 12.1 Å². The Morgan fingerprint density at radius 2 is 1.67 bits per heavy atom. The Morgan fingerprint density at radius 3 is 2.33 bits per heavy atom. The lowest BCUT2D eigenvalue weighted by atomic mass is 9.99. The Labute approximate surface area is 173 Å². The molecular formula is C24H21FN3O2+. The highest BCUT2D eigenvalue weighted by molar-refractivity contribution is 5.98. The first-order valence-corrected chi connectivity index (χ1v) is 9.63. The largest absolute Gasteiger partial charge is 0.334 e. The van der Waals surface area contributed by atoms with Crippen molar-refractivity contribution in [2.45, 2.75) is 19.0 Å². The van der Waals surface area contributed by atoms with Crippen LogP contribution in [0.4, 0.5) is 4.39 Å². The van der Waals surface area contributed by atoms with E-state index in [4.69, 9.17) is 0 Å². The molecular weight excluding hydrogens is 381 g/mol. The molecule has 150 valence electrons. The van der Waals surface area contributed by atoms with Crippen LogP contribution in [0.3, 0.4) is 0 Å². The van der Waals surface area contributed by atoms with Crippen molar-refractivity contribution >= 4 is 18.0 Å². The van der Waals surface area contributed by atoms with Crippen LogP contribution in [0.15, 0.2) is 78.9 Å². The average Bonchev–Trinajstić information content (AvgIpc) is 3.05. The third-order valence-electron chi connectivity index (χ3n) is 5.04. The van der Waals surface area contributed by atoms with Crippen LogP contribution >= 0.6 is 0 Å². The molecule has 6 heteroatoms. The lowest BCUT2D eigenvalue weighted by Crippen LogP contribution is -2.42. The van der Waals surface area contributed by atoms with Gasteiger partial charge in [-0.25, -0.2) is 4.39 Å². The molecule has 2 atom stereocenters. The number of rotatable bonds is 4. The first-order valence-electron chi connectivity index (χ1n) is 9.63. The van der Waals surface area contributed by atoms with Gasteiger partial charge in [0.15, 0.2) is 6.04 Å². The SMILES string of the molecule is Cc1ccc(C(=O)N[C@H]2C(=O)N/[N+](=C\c3ccc(F)cc3)[C@@H]2c2ccccc2)cc1. The minimum atomic E-state index is -0.794. The van der Waals surface area contributed by atoms with Crippen LogP contribution in [0, 0.1) is 12.7 Å². The standard InChI is InChI=1S/C24H20FN3O2/c1-16-7-11-19(12-8-16)23(29)26-21-22(18-5-3-2-4-6-18)28(27-24(21)30)15-17-9-13-20(25)14-10-17/h2-15,21-22H,1H3,(H-,26,27,29,30)/p+1/b28-15-/t21-,22-/m1/s1. The van der Waals surface area contributed by atoms with Crippen molar-refractivity contribution < 1.29 is 18.7 Å². The van der Waals surface area contributed by atoms with Crippen molar-refractivity contribution in [2.24, 2.45) is 0 Å². The molecule has 0 bridgehead atoms. The van der Waals surface area contributed by atoms with Crippen molar-refractivity contribution in [1.29, 1.82) is 0 Å². The van der Waals surface area contributed by atoms with Crippen molar-refractivity contribution in [3.8, 4) is 0 Å². The van der Waals surface area contributed by atoms with E-state index in [2.05, 4.69) is 10.7 Å². The molecule has 0 spiro atoms. The van der Waals surface area contributed by atoms with Crippen molar-refractivity contribution in [2.75, 3.05) is 0 Å². The highest BCUT2D eigenvalue weighted by Gasteiger charge is 2.47. The summed E-state index contributed by atoms with van der Waals surface area (Å²) in [5.41, 5.74) is 5.94. The molecule has 2 amide bonds. The molecule has 0 radical (unpaired) electrons. The van der Waals surface area contributed by atoms with Gasteiger partial charge in [-0.1, -0.05) is 48.0 Å². The second-order valence-corrected chi connectivity index (χ2v) is 7.24. The summed E-state index contributed by atoms with van der Waals surface area (Å²) in [7, 11) is 0. The molecule has 2 N–H and O–H groups in total. The molecule has 1 heterocycles. The van der Waals surface area contributed by atoms with E-state index in [9.17, 15) is 14.0 Å². The van der Waals surface area contributed by atoms with Gasteiger partial charge in [-0.3, -0.25) is 9.59 Å². The van der Waals surface area contributed by atoms with Crippen molar-refractivity contribution in [3.05, 3.63) is 107 Å². The molecule has 1 saturated heterocycles. The number of hydrogen-bond acceptors (Lipinski definition) is 2. The fourth-order valence-electron chi connectivity index (χ4n) is 3.47. The van der Waals surface area contributed by atoms with E-state index in [1.807, 2.05) is 49.4 Å². The maximum Gasteiger partial charge on any atom is 0.304 e. The Bertz CT molecular complexity index is 1090. The highest BCUT2D eigenvalue weighted by atomic mass is 19.1. The molecule has 3 aromatic carbocycles. The Kier molecular flexibility index (Phi) is 5.39. The molecule has 1 aliphatic heterocycles. The van der Waals surface area contributed by atoms with Crippen LogP contribution in [-0.4, -0.2) is 28.8 Å². The molecule has 3 aromatic rings.